The van der Waals surface area contributed by atoms with Crippen LogP contribution in [-0.2, 0) is 0 Å². The highest BCUT2D eigenvalue weighted by Gasteiger charge is 2.34. The number of rotatable bonds is 2. The standard InChI is InChI=1S/C20H15NO3/c1-12-6-11-17-18-15(12)4-3-5-16(18)19(22)21(20(17)23)13-7-9-14(24-2)10-8-13/h3-11H,1-2H3. The van der Waals surface area contributed by atoms with Crippen LogP contribution in [0.5, 0.6) is 5.75 Å². The molecule has 0 saturated heterocycles. The number of hydrogen-bond acceptors (Lipinski definition) is 3. The van der Waals surface area contributed by atoms with Crippen molar-refractivity contribution in [3.8, 4) is 5.75 Å². The Kier molecular flexibility index (Phi) is 3.13. The van der Waals surface area contributed by atoms with Gasteiger partial charge in [0.2, 0.25) is 0 Å². The zero-order valence-corrected chi connectivity index (χ0v) is 13.4. The molecule has 0 aliphatic carbocycles. The summed E-state index contributed by atoms with van der Waals surface area (Å²) in [4.78, 5) is 27.1. The van der Waals surface area contributed by atoms with Gasteiger partial charge in [-0.3, -0.25) is 9.59 Å². The Labute approximate surface area is 139 Å². The van der Waals surface area contributed by atoms with Gasteiger partial charge in [-0.15, -0.1) is 0 Å². The first kappa shape index (κ1) is 14.5. The van der Waals surface area contributed by atoms with Crippen molar-refractivity contribution in [2.75, 3.05) is 12.0 Å². The van der Waals surface area contributed by atoms with Crippen LogP contribution in [0.1, 0.15) is 26.3 Å². The molecule has 3 aromatic rings. The van der Waals surface area contributed by atoms with Crippen LogP contribution in [0, 0.1) is 6.92 Å². The molecule has 0 bridgehead atoms. The quantitative estimate of drug-likeness (QED) is 0.672. The Morgan fingerprint density at radius 3 is 2.17 bits per heavy atom. The lowest BCUT2D eigenvalue weighted by Gasteiger charge is -2.27. The van der Waals surface area contributed by atoms with E-state index >= 15 is 0 Å². The molecule has 4 nitrogen and oxygen atoms in total. The lowest BCUT2D eigenvalue weighted by atomic mass is 9.91. The Morgan fingerprint density at radius 2 is 1.50 bits per heavy atom. The number of benzene rings is 3. The zero-order valence-electron chi connectivity index (χ0n) is 13.4. The molecule has 118 valence electrons. The Bertz CT molecular complexity index is 967. The van der Waals surface area contributed by atoms with E-state index in [1.54, 1.807) is 43.5 Å². The minimum atomic E-state index is -0.297. The maximum absolute atomic E-state index is 13.0. The molecule has 0 radical (unpaired) electrons. The summed E-state index contributed by atoms with van der Waals surface area (Å²) in [6.45, 7) is 1.98. The SMILES string of the molecule is COc1ccc(N2C(=O)c3cccc4c(C)ccc(c34)C2=O)cc1. The molecule has 0 fully saturated rings. The van der Waals surface area contributed by atoms with Gasteiger partial charge in [0.25, 0.3) is 11.8 Å². The summed E-state index contributed by atoms with van der Waals surface area (Å²) in [7, 11) is 1.57. The van der Waals surface area contributed by atoms with Gasteiger partial charge < -0.3 is 4.74 Å². The monoisotopic (exact) mass is 317 g/mol. The average molecular weight is 317 g/mol. The first-order valence-corrected chi connectivity index (χ1v) is 7.67. The van der Waals surface area contributed by atoms with E-state index < -0.39 is 0 Å². The molecule has 0 atom stereocenters. The molecular weight excluding hydrogens is 302 g/mol. The van der Waals surface area contributed by atoms with Gasteiger partial charge in [0.1, 0.15) is 5.75 Å². The smallest absolute Gasteiger partial charge is 0.265 e. The van der Waals surface area contributed by atoms with Crippen LogP contribution in [-0.4, -0.2) is 18.9 Å². The van der Waals surface area contributed by atoms with Crippen molar-refractivity contribution in [1.82, 2.24) is 0 Å². The third kappa shape index (κ3) is 1.93. The molecule has 24 heavy (non-hydrogen) atoms. The van der Waals surface area contributed by atoms with E-state index in [0.717, 1.165) is 16.3 Å². The van der Waals surface area contributed by atoms with Crippen LogP contribution in [0.4, 0.5) is 5.69 Å². The van der Waals surface area contributed by atoms with Gasteiger partial charge in [-0.1, -0.05) is 18.2 Å². The van der Waals surface area contributed by atoms with Crippen molar-refractivity contribution in [2.24, 2.45) is 0 Å². The van der Waals surface area contributed by atoms with E-state index in [2.05, 4.69) is 0 Å². The lowest BCUT2D eigenvalue weighted by Crippen LogP contribution is -2.40. The number of anilines is 1. The van der Waals surface area contributed by atoms with Gasteiger partial charge in [-0.25, -0.2) is 4.90 Å². The fraction of sp³-hybridized carbons (Fsp3) is 0.100. The number of nitrogens with zero attached hydrogens (tertiary/aromatic N) is 1. The van der Waals surface area contributed by atoms with Crippen LogP contribution in [0.25, 0.3) is 10.8 Å². The highest BCUT2D eigenvalue weighted by molar-refractivity contribution is 6.35. The van der Waals surface area contributed by atoms with Crippen LogP contribution in [0.2, 0.25) is 0 Å². The summed E-state index contributed by atoms with van der Waals surface area (Å²) in [5, 5.41) is 1.69. The van der Waals surface area contributed by atoms with Crippen molar-refractivity contribution in [3.63, 3.8) is 0 Å². The van der Waals surface area contributed by atoms with Gasteiger partial charge in [-0.05, 0) is 54.3 Å². The minimum Gasteiger partial charge on any atom is -0.497 e. The Balaban J connectivity index is 1.93. The van der Waals surface area contributed by atoms with Gasteiger partial charge in [0.05, 0.1) is 12.8 Å². The van der Waals surface area contributed by atoms with Gasteiger partial charge >= 0.3 is 0 Å². The fourth-order valence-electron chi connectivity index (χ4n) is 3.21. The van der Waals surface area contributed by atoms with Crippen molar-refractivity contribution in [2.45, 2.75) is 6.92 Å². The van der Waals surface area contributed by atoms with Gasteiger partial charge in [0, 0.05) is 16.5 Å². The third-order valence-corrected chi connectivity index (χ3v) is 4.46. The van der Waals surface area contributed by atoms with Crippen LogP contribution < -0.4 is 9.64 Å². The van der Waals surface area contributed by atoms with Crippen molar-refractivity contribution in [1.29, 1.82) is 0 Å². The van der Waals surface area contributed by atoms with E-state index in [4.69, 9.17) is 4.74 Å². The number of imide groups is 1. The topological polar surface area (TPSA) is 46.6 Å². The predicted octanol–water partition coefficient (Wildman–Crippen LogP) is 3.96. The summed E-state index contributed by atoms with van der Waals surface area (Å²) < 4.78 is 5.14. The number of methoxy groups -OCH3 is 1. The molecule has 1 aliphatic rings. The number of hydrogen-bond donors (Lipinski definition) is 0. The first-order chi connectivity index (χ1) is 11.6. The average Bonchev–Trinajstić information content (AvgIpc) is 2.61. The first-order valence-electron chi connectivity index (χ1n) is 7.67. The number of ether oxygens (including phenoxy) is 1. The molecular formula is C20H15NO3. The highest BCUT2D eigenvalue weighted by Crippen LogP contribution is 2.34. The summed E-state index contributed by atoms with van der Waals surface area (Å²) in [6.07, 6.45) is 0. The Morgan fingerprint density at radius 1 is 0.833 bits per heavy atom. The van der Waals surface area contributed by atoms with Crippen LogP contribution >= 0.6 is 0 Å². The number of carbonyl (C=O) groups is 2. The summed E-state index contributed by atoms with van der Waals surface area (Å²) in [6, 6.07) is 16.2. The molecule has 2 amide bonds. The largest absolute Gasteiger partial charge is 0.497 e. The number of carbonyl (C=O) groups excluding carboxylic acids is 2. The molecule has 4 rings (SSSR count). The van der Waals surface area contributed by atoms with E-state index in [9.17, 15) is 9.59 Å². The normalized spacial score (nSPS) is 13.5. The summed E-state index contributed by atoms with van der Waals surface area (Å²) in [5.74, 6) is 0.0801. The van der Waals surface area contributed by atoms with Crippen molar-refractivity contribution < 1.29 is 14.3 Å². The predicted molar refractivity (Wildman–Crippen MR) is 92.8 cm³/mol. The highest BCUT2D eigenvalue weighted by atomic mass is 16.5. The van der Waals surface area contributed by atoms with Crippen LogP contribution in [0.3, 0.4) is 0 Å². The minimum absolute atomic E-state index is 0.297. The molecule has 0 N–H and O–H groups in total. The second kappa shape index (κ2) is 5.20. The summed E-state index contributed by atoms with van der Waals surface area (Å²) >= 11 is 0. The molecule has 0 saturated carbocycles. The lowest BCUT2D eigenvalue weighted by molar-refractivity contribution is 0.0893. The maximum Gasteiger partial charge on any atom is 0.265 e. The number of aryl methyl sites for hydroxylation is 1. The molecule has 0 unspecified atom stereocenters. The maximum atomic E-state index is 13.0. The molecule has 0 spiro atoms. The number of amides is 2. The zero-order chi connectivity index (χ0) is 16.8. The summed E-state index contributed by atoms with van der Waals surface area (Å²) in [5.41, 5.74) is 2.70. The second-order valence-corrected chi connectivity index (χ2v) is 5.80. The van der Waals surface area contributed by atoms with Crippen molar-refractivity contribution >= 4 is 28.3 Å². The van der Waals surface area contributed by atoms with Crippen LogP contribution in [0.15, 0.2) is 54.6 Å². The molecule has 3 aromatic carbocycles. The third-order valence-electron chi connectivity index (χ3n) is 4.46. The molecule has 4 heteroatoms. The van der Waals surface area contributed by atoms with Gasteiger partial charge in [0.15, 0.2) is 0 Å². The molecule has 1 heterocycles. The second-order valence-electron chi connectivity index (χ2n) is 5.80. The van der Waals surface area contributed by atoms with E-state index in [-0.39, 0.29) is 11.8 Å². The van der Waals surface area contributed by atoms with Crippen molar-refractivity contribution in [3.05, 3.63) is 71.3 Å². The van der Waals surface area contributed by atoms with E-state index in [1.807, 2.05) is 25.1 Å². The van der Waals surface area contributed by atoms with Gasteiger partial charge in [-0.2, -0.15) is 0 Å². The molecule has 0 aromatic heterocycles. The Hall–Kier alpha value is -3.14. The van der Waals surface area contributed by atoms with E-state index in [0.29, 0.717) is 22.6 Å². The fourth-order valence-corrected chi connectivity index (χ4v) is 3.21. The molecule has 1 aliphatic heterocycles. The van der Waals surface area contributed by atoms with E-state index in [1.165, 1.54) is 4.90 Å².